The van der Waals surface area contributed by atoms with Crippen LogP contribution in [0.1, 0.15) is 27.2 Å². The highest BCUT2D eigenvalue weighted by molar-refractivity contribution is 6.10. The van der Waals surface area contributed by atoms with E-state index in [-0.39, 0.29) is 11.9 Å². The first-order chi connectivity index (χ1) is 13.8. The lowest BCUT2D eigenvalue weighted by Gasteiger charge is -2.25. The van der Waals surface area contributed by atoms with E-state index < -0.39 is 11.4 Å². The van der Waals surface area contributed by atoms with Crippen LogP contribution in [-0.2, 0) is 16.1 Å². The number of anilines is 1. The molecule has 2 aromatic carbocycles. The molecule has 6 heteroatoms. The molecule has 2 unspecified atom stereocenters. The molecule has 6 nitrogen and oxygen atoms in total. The maximum absolute atomic E-state index is 12.8. The summed E-state index contributed by atoms with van der Waals surface area (Å²) in [6.45, 7) is 7.59. The Bertz CT molecular complexity index is 1100. The second-order valence-electron chi connectivity index (χ2n) is 8.24. The van der Waals surface area contributed by atoms with E-state index in [1.165, 1.54) is 10.9 Å². The van der Waals surface area contributed by atoms with Gasteiger partial charge in [-0.2, -0.15) is 0 Å². The van der Waals surface area contributed by atoms with Crippen LogP contribution in [0.15, 0.2) is 42.5 Å². The van der Waals surface area contributed by atoms with Crippen molar-refractivity contribution in [3.05, 3.63) is 42.5 Å². The lowest BCUT2D eigenvalue weighted by atomic mass is 9.90. The normalized spacial score (nSPS) is 20.9. The topological polar surface area (TPSA) is 74.6 Å². The number of aryl methyl sites for hydroxylation is 1. The van der Waals surface area contributed by atoms with Crippen molar-refractivity contribution in [3.8, 4) is 0 Å². The Morgan fingerprint density at radius 3 is 2.59 bits per heavy atom. The minimum absolute atomic E-state index is 0.113. The molecule has 3 aromatic rings. The summed E-state index contributed by atoms with van der Waals surface area (Å²) >= 11 is 0. The highest BCUT2D eigenvalue weighted by atomic mass is 16.4. The minimum Gasteiger partial charge on any atom is -0.481 e. The second-order valence-corrected chi connectivity index (χ2v) is 8.24. The molecule has 2 atom stereocenters. The summed E-state index contributed by atoms with van der Waals surface area (Å²) in [6.07, 6.45) is 0.558. The molecule has 1 aliphatic rings. The number of amides is 1. The fraction of sp³-hybridized carbons (Fsp3) is 0.391. The van der Waals surface area contributed by atoms with Gasteiger partial charge in [0.05, 0.1) is 11.5 Å². The maximum Gasteiger partial charge on any atom is 0.310 e. The van der Waals surface area contributed by atoms with Crippen LogP contribution in [0.3, 0.4) is 0 Å². The van der Waals surface area contributed by atoms with E-state index in [4.69, 9.17) is 0 Å². The van der Waals surface area contributed by atoms with Gasteiger partial charge in [-0.15, -0.1) is 0 Å². The van der Waals surface area contributed by atoms with E-state index in [1.54, 1.807) is 6.92 Å². The molecule has 1 amide bonds. The highest BCUT2D eigenvalue weighted by Crippen LogP contribution is 2.33. The van der Waals surface area contributed by atoms with Crippen molar-refractivity contribution in [3.63, 3.8) is 0 Å². The van der Waals surface area contributed by atoms with Gasteiger partial charge in [0.2, 0.25) is 5.91 Å². The lowest BCUT2D eigenvalue weighted by molar-refractivity contribution is -0.147. The molecule has 0 saturated carbocycles. The number of carboxylic acids is 1. The van der Waals surface area contributed by atoms with Crippen molar-refractivity contribution >= 4 is 39.4 Å². The van der Waals surface area contributed by atoms with Crippen molar-refractivity contribution in [1.82, 2.24) is 9.47 Å². The number of carbonyl (C=O) groups is 2. The van der Waals surface area contributed by atoms with Crippen LogP contribution in [-0.4, -0.2) is 45.6 Å². The number of para-hydroxylation sites is 1. The number of aliphatic carboxylic acids is 1. The summed E-state index contributed by atoms with van der Waals surface area (Å²) in [4.78, 5) is 26.3. The molecule has 1 aromatic heterocycles. The monoisotopic (exact) mass is 393 g/mol. The van der Waals surface area contributed by atoms with Crippen molar-refractivity contribution in [2.45, 2.75) is 39.8 Å². The predicted molar refractivity (Wildman–Crippen MR) is 115 cm³/mol. The standard InChI is InChI=1S/C23H27N3O3/c1-4-26-19-8-6-5-7-17(19)18-13-16(9-10-20(18)26)24-21(27)15(2)25-12-11-23(3,14-25)22(28)29/h5-10,13,15H,4,11-12,14H2,1-3H3,(H,24,27)(H,28,29). The Hall–Kier alpha value is -2.86. The molecule has 2 heterocycles. The molecule has 29 heavy (non-hydrogen) atoms. The van der Waals surface area contributed by atoms with E-state index >= 15 is 0 Å². The van der Waals surface area contributed by atoms with Crippen molar-refractivity contribution in [2.24, 2.45) is 5.41 Å². The molecular formula is C23H27N3O3. The number of nitrogens with one attached hydrogen (secondary N) is 1. The summed E-state index contributed by atoms with van der Waals surface area (Å²) in [5.74, 6) is -0.913. The van der Waals surface area contributed by atoms with Crippen LogP contribution in [0, 0.1) is 5.41 Å². The first-order valence-corrected chi connectivity index (χ1v) is 10.1. The third-order valence-electron chi connectivity index (χ3n) is 6.30. The number of carbonyl (C=O) groups excluding carboxylic acids is 1. The van der Waals surface area contributed by atoms with Gasteiger partial charge in [-0.3, -0.25) is 14.5 Å². The molecule has 0 aliphatic carbocycles. The highest BCUT2D eigenvalue weighted by Gasteiger charge is 2.42. The number of hydrogen-bond acceptors (Lipinski definition) is 3. The number of aromatic nitrogens is 1. The molecule has 0 spiro atoms. The quantitative estimate of drug-likeness (QED) is 0.689. The fourth-order valence-electron chi connectivity index (χ4n) is 4.39. The molecule has 2 N–H and O–H groups in total. The minimum atomic E-state index is -0.801. The molecule has 1 aliphatic heterocycles. The summed E-state index contributed by atoms with van der Waals surface area (Å²) in [5, 5.41) is 14.7. The molecule has 0 radical (unpaired) electrons. The van der Waals surface area contributed by atoms with Gasteiger partial charge in [-0.1, -0.05) is 18.2 Å². The lowest BCUT2D eigenvalue weighted by Crippen LogP contribution is -2.42. The smallest absolute Gasteiger partial charge is 0.310 e. The number of carboxylic acid groups (broad SMARTS) is 1. The molecule has 0 bridgehead atoms. The summed E-state index contributed by atoms with van der Waals surface area (Å²) < 4.78 is 2.27. The SMILES string of the molecule is CCn1c2ccccc2c2cc(NC(=O)C(C)N3CCC(C)(C(=O)O)C3)ccc21. The van der Waals surface area contributed by atoms with Gasteiger partial charge in [-0.05, 0) is 51.5 Å². The van der Waals surface area contributed by atoms with Gasteiger partial charge in [-0.25, -0.2) is 0 Å². The van der Waals surface area contributed by atoms with Gasteiger partial charge in [0.25, 0.3) is 0 Å². The first kappa shape index (κ1) is 19.5. The summed E-state index contributed by atoms with van der Waals surface area (Å²) in [7, 11) is 0. The van der Waals surface area contributed by atoms with Crippen LogP contribution in [0.4, 0.5) is 5.69 Å². The van der Waals surface area contributed by atoms with E-state index in [0.29, 0.717) is 19.5 Å². The average Bonchev–Trinajstić information content (AvgIpc) is 3.26. The van der Waals surface area contributed by atoms with Crippen LogP contribution < -0.4 is 5.32 Å². The maximum atomic E-state index is 12.8. The Labute approximate surface area is 170 Å². The number of benzene rings is 2. The number of nitrogens with zero attached hydrogens (tertiary/aromatic N) is 2. The van der Waals surface area contributed by atoms with Gasteiger partial charge >= 0.3 is 5.97 Å². The van der Waals surface area contributed by atoms with Crippen LogP contribution in [0.2, 0.25) is 0 Å². The number of rotatable bonds is 5. The van der Waals surface area contributed by atoms with Gasteiger partial charge in [0, 0.05) is 47.1 Å². The van der Waals surface area contributed by atoms with Crippen LogP contribution in [0.5, 0.6) is 0 Å². The average molecular weight is 393 g/mol. The Morgan fingerprint density at radius 2 is 1.90 bits per heavy atom. The number of fused-ring (bicyclic) bond motifs is 3. The van der Waals surface area contributed by atoms with Crippen LogP contribution >= 0.6 is 0 Å². The second kappa shape index (κ2) is 7.19. The van der Waals surface area contributed by atoms with E-state index in [0.717, 1.165) is 23.1 Å². The number of hydrogen-bond donors (Lipinski definition) is 2. The third kappa shape index (κ3) is 3.27. The van der Waals surface area contributed by atoms with Gasteiger partial charge in [0.1, 0.15) is 0 Å². The Balaban J connectivity index is 1.57. The molecule has 4 rings (SSSR count). The summed E-state index contributed by atoms with van der Waals surface area (Å²) in [5.41, 5.74) is 2.31. The van der Waals surface area contributed by atoms with Crippen molar-refractivity contribution < 1.29 is 14.7 Å². The Kier molecular flexibility index (Phi) is 4.82. The van der Waals surface area contributed by atoms with E-state index in [2.05, 4.69) is 35.0 Å². The molecule has 1 saturated heterocycles. The first-order valence-electron chi connectivity index (χ1n) is 10.1. The zero-order valence-electron chi connectivity index (χ0n) is 17.1. The molecule has 152 valence electrons. The predicted octanol–water partition coefficient (Wildman–Crippen LogP) is 3.94. The van der Waals surface area contributed by atoms with Crippen LogP contribution in [0.25, 0.3) is 21.8 Å². The third-order valence-corrected chi connectivity index (χ3v) is 6.30. The van der Waals surface area contributed by atoms with E-state index in [9.17, 15) is 14.7 Å². The van der Waals surface area contributed by atoms with Crippen molar-refractivity contribution in [1.29, 1.82) is 0 Å². The number of likely N-dealkylation sites (tertiary alicyclic amines) is 1. The Morgan fingerprint density at radius 1 is 1.17 bits per heavy atom. The van der Waals surface area contributed by atoms with Gasteiger partial charge in [0.15, 0.2) is 0 Å². The zero-order chi connectivity index (χ0) is 20.8. The zero-order valence-corrected chi connectivity index (χ0v) is 17.1. The molecular weight excluding hydrogens is 366 g/mol. The van der Waals surface area contributed by atoms with Crippen molar-refractivity contribution in [2.75, 3.05) is 18.4 Å². The fourth-order valence-corrected chi connectivity index (χ4v) is 4.39. The largest absolute Gasteiger partial charge is 0.481 e. The van der Waals surface area contributed by atoms with Gasteiger partial charge < -0.3 is 15.0 Å². The molecule has 1 fully saturated rings. The summed E-state index contributed by atoms with van der Waals surface area (Å²) in [6, 6.07) is 13.9. The van der Waals surface area contributed by atoms with E-state index in [1.807, 2.05) is 36.1 Å².